The van der Waals surface area contributed by atoms with Crippen LogP contribution in [0.3, 0.4) is 0 Å². The first-order valence-electron chi connectivity index (χ1n) is 25.0. The Kier molecular flexibility index (Phi) is 42.3. The Labute approximate surface area is 381 Å². The second kappa shape index (κ2) is 43.9. The van der Waals surface area contributed by atoms with Crippen molar-refractivity contribution < 1.29 is 42.1 Å². The molecule has 0 aliphatic heterocycles. The van der Waals surface area contributed by atoms with Gasteiger partial charge in [0.05, 0.1) is 27.7 Å². The molecule has 0 spiro atoms. The normalized spacial score (nSPS) is 14.0. The fourth-order valence-corrected chi connectivity index (χ4v) is 7.32. The lowest BCUT2D eigenvalue weighted by Crippen LogP contribution is -2.37. The number of quaternary nitrogens is 1. The van der Waals surface area contributed by atoms with E-state index in [0.717, 1.165) is 70.6 Å². The van der Waals surface area contributed by atoms with E-state index in [9.17, 15) is 19.0 Å². The largest absolute Gasteiger partial charge is 0.472 e. The lowest BCUT2D eigenvalue weighted by molar-refractivity contribution is -0.870. The number of ether oxygens (including phenoxy) is 2. The molecular formula is C52H95NO8P+. The monoisotopic (exact) mass is 893 g/mol. The average Bonchev–Trinajstić information content (AvgIpc) is 3.23. The molecule has 0 aromatic carbocycles. The Morgan fingerprint density at radius 3 is 1.35 bits per heavy atom. The third-order valence-corrected chi connectivity index (χ3v) is 11.5. The van der Waals surface area contributed by atoms with Gasteiger partial charge in [0.1, 0.15) is 19.8 Å². The summed E-state index contributed by atoms with van der Waals surface area (Å²) in [5.41, 5.74) is 0. The first-order valence-corrected chi connectivity index (χ1v) is 26.5. The number of allylic oxidation sites excluding steroid dienone is 10. The van der Waals surface area contributed by atoms with E-state index in [1.807, 2.05) is 21.1 Å². The number of esters is 2. The lowest BCUT2D eigenvalue weighted by Gasteiger charge is -2.24. The molecule has 0 radical (unpaired) electrons. The molecule has 0 aliphatic carbocycles. The number of phosphoric ester groups is 1. The Balaban J connectivity index is 4.35. The van der Waals surface area contributed by atoms with Crippen LogP contribution >= 0.6 is 7.82 Å². The quantitative estimate of drug-likeness (QED) is 0.0212. The Morgan fingerprint density at radius 1 is 0.500 bits per heavy atom. The van der Waals surface area contributed by atoms with Gasteiger partial charge in [-0.3, -0.25) is 18.6 Å². The summed E-state index contributed by atoms with van der Waals surface area (Å²) in [4.78, 5) is 35.5. The molecule has 0 heterocycles. The zero-order valence-electron chi connectivity index (χ0n) is 40.6. The van der Waals surface area contributed by atoms with E-state index < -0.39 is 26.5 Å². The second-order valence-electron chi connectivity index (χ2n) is 17.8. The number of carbonyl (C=O) groups is 2. The maximum atomic E-state index is 12.7. The topological polar surface area (TPSA) is 108 Å². The summed E-state index contributed by atoms with van der Waals surface area (Å²) in [6.07, 6.45) is 54.1. The average molecular weight is 893 g/mol. The molecule has 0 saturated heterocycles. The van der Waals surface area contributed by atoms with Gasteiger partial charge in [-0.25, -0.2) is 4.57 Å². The van der Waals surface area contributed by atoms with Crippen LogP contribution < -0.4 is 0 Å². The van der Waals surface area contributed by atoms with Crippen molar-refractivity contribution in [2.45, 2.75) is 213 Å². The molecule has 0 aromatic rings. The van der Waals surface area contributed by atoms with Gasteiger partial charge in [-0.15, -0.1) is 0 Å². The summed E-state index contributed by atoms with van der Waals surface area (Å²) < 4.78 is 34.4. The molecule has 360 valence electrons. The fraction of sp³-hybridized carbons (Fsp3) is 0.769. The fourth-order valence-electron chi connectivity index (χ4n) is 6.58. The highest BCUT2D eigenvalue weighted by molar-refractivity contribution is 7.47. The van der Waals surface area contributed by atoms with Crippen LogP contribution in [-0.4, -0.2) is 74.9 Å². The summed E-state index contributed by atoms with van der Waals surface area (Å²) in [5, 5.41) is 0. The van der Waals surface area contributed by atoms with E-state index in [1.54, 1.807) is 0 Å². The Morgan fingerprint density at radius 2 is 0.871 bits per heavy atom. The highest BCUT2D eigenvalue weighted by Gasteiger charge is 2.27. The molecule has 9 nitrogen and oxygen atoms in total. The van der Waals surface area contributed by atoms with Crippen molar-refractivity contribution in [1.29, 1.82) is 0 Å². The van der Waals surface area contributed by atoms with Crippen molar-refractivity contribution in [3.05, 3.63) is 60.8 Å². The standard InChI is InChI=1S/C52H94NO8P/c1-6-8-10-12-14-16-18-20-22-24-26-28-30-32-34-36-38-40-42-44-51(54)58-48-50(49-60-62(56,57)59-47-46-53(3,4)5)61-52(55)45-43-41-39-37-35-33-31-29-27-25-23-21-19-17-15-13-11-9-7-2/h15,17,21,23-24,26-27,29,33,35,50H,6-14,16,18-20,22,25,28,30-32,34,36-49H2,1-5H3/p+1/b17-15-,23-21-,26-24-,29-27-,35-33-/t50-/m1/s1. The van der Waals surface area contributed by atoms with Crippen LogP contribution in [0, 0.1) is 0 Å². The third-order valence-electron chi connectivity index (χ3n) is 10.5. The van der Waals surface area contributed by atoms with Crippen molar-refractivity contribution in [3.8, 4) is 0 Å². The number of nitrogens with zero attached hydrogens (tertiary/aromatic N) is 1. The first kappa shape index (κ1) is 59.7. The Hall–Kier alpha value is -2.29. The SMILES string of the molecule is CCCCC/C=C\C/C=C\C/C=C\C/C=C\CCCCCC(=O)O[C@H](COC(=O)CCCCCCCCC/C=C\CCCCCCCCCC)COP(=O)(O)OCC[N+](C)(C)C. The number of likely N-dealkylation sites (N-methyl/N-ethyl adjacent to an activating group) is 1. The highest BCUT2D eigenvalue weighted by atomic mass is 31.2. The lowest BCUT2D eigenvalue weighted by atomic mass is 10.1. The number of hydrogen-bond donors (Lipinski definition) is 1. The van der Waals surface area contributed by atoms with E-state index in [0.29, 0.717) is 17.4 Å². The molecule has 0 fully saturated rings. The molecule has 62 heavy (non-hydrogen) atoms. The van der Waals surface area contributed by atoms with Crippen molar-refractivity contribution in [2.24, 2.45) is 0 Å². The summed E-state index contributed by atoms with van der Waals surface area (Å²) in [6.45, 7) is 4.36. The summed E-state index contributed by atoms with van der Waals surface area (Å²) in [6, 6.07) is 0. The van der Waals surface area contributed by atoms with E-state index in [4.69, 9.17) is 18.5 Å². The number of hydrogen-bond acceptors (Lipinski definition) is 7. The van der Waals surface area contributed by atoms with Gasteiger partial charge >= 0.3 is 19.8 Å². The molecule has 1 unspecified atom stereocenters. The number of carbonyl (C=O) groups excluding carboxylic acids is 2. The van der Waals surface area contributed by atoms with Gasteiger partial charge < -0.3 is 18.9 Å². The van der Waals surface area contributed by atoms with Crippen LogP contribution in [0.1, 0.15) is 206 Å². The van der Waals surface area contributed by atoms with Gasteiger partial charge in [-0.2, -0.15) is 0 Å². The van der Waals surface area contributed by atoms with Gasteiger partial charge in [0.15, 0.2) is 6.10 Å². The molecular weight excluding hydrogens is 798 g/mol. The third kappa shape index (κ3) is 47.2. The van der Waals surface area contributed by atoms with Crippen molar-refractivity contribution >= 4 is 19.8 Å². The van der Waals surface area contributed by atoms with Gasteiger partial charge in [-0.1, -0.05) is 171 Å². The van der Waals surface area contributed by atoms with Crippen LogP contribution in [0.4, 0.5) is 0 Å². The van der Waals surface area contributed by atoms with Crippen LogP contribution in [0.15, 0.2) is 60.8 Å². The molecule has 10 heteroatoms. The van der Waals surface area contributed by atoms with Crippen LogP contribution in [0.25, 0.3) is 0 Å². The van der Waals surface area contributed by atoms with Crippen molar-refractivity contribution in [3.63, 3.8) is 0 Å². The van der Waals surface area contributed by atoms with Gasteiger partial charge in [-0.05, 0) is 83.5 Å². The summed E-state index contributed by atoms with van der Waals surface area (Å²) in [7, 11) is 1.45. The Bertz CT molecular complexity index is 1240. The summed E-state index contributed by atoms with van der Waals surface area (Å²) >= 11 is 0. The summed E-state index contributed by atoms with van der Waals surface area (Å²) in [5.74, 6) is -0.839. The zero-order valence-corrected chi connectivity index (χ0v) is 41.5. The predicted octanol–water partition coefficient (Wildman–Crippen LogP) is 14.8. The van der Waals surface area contributed by atoms with Gasteiger partial charge in [0, 0.05) is 12.8 Å². The maximum Gasteiger partial charge on any atom is 0.472 e. The zero-order chi connectivity index (χ0) is 45.7. The van der Waals surface area contributed by atoms with Gasteiger partial charge in [0.25, 0.3) is 0 Å². The number of phosphoric acid groups is 1. The minimum atomic E-state index is -4.39. The predicted molar refractivity (Wildman–Crippen MR) is 261 cm³/mol. The molecule has 0 aliphatic rings. The minimum Gasteiger partial charge on any atom is -0.462 e. The minimum absolute atomic E-state index is 0.0224. The van der Waals surface area contributed by atoms with E-state index >= 15 is 0 Å². The highest BCUT2D eigenvalue weighted by Crippen LogP contribution is 2.43. The van der Waals surface area contributed by atoms with E-state index in [1.165, 1.54) is 103 Å². The number of unbranched alkanes of at least 4 members (excludes halogenated alkanes) is 21. The van der Waals surface area contributed by atoms with Gasteiger partial charge in [0.2, 0.25) is 0 Å². The molecule has 0 rings (SSSR count). The molecule has 1 N–H and O–H groups in total. The maximum absolute atomic E-state index is 12.7. The molecule has 0 aromatic heterocycles. The smallest absolute Gasteiger partial charge is 0.462 e. The second-order valence-corrected chi connectivity index (χ2v) is 19.3. The van der Waals surface area contributed by atoms with Crippen LogP contribution in [-0.2, 0) is 32.7 Å². The van der Waals surface area contributed by atoms with Crippen molar-refractivity contribution in [1.82, 2.24) is 0 Å². The van der Waals surface area contributed by atoms with Crippen LogP contribution in [0.2, 0.25) is 0 Å². The molecule has 0 bridgehead atoms. The molecule has 0 saturated carbocycles. The first-order chi connectivity index (χ1) is 30.0. The van der Waals surface area contributed by atoms with Crippen LogP contribution in [0.5, 0.6) is 0 Å². The molecule has 0 amide bonds. The van der Waals surface area contributed by atoms with Crippen molar-refractivity contribution in [2.75, 3.05) is 47.5 Å². The number of rotatable bonds is 45. The van der Waals surface area contributed by atoms with E-state index in [-0.39, 0.29) is 32.0 Å². The molecule has 2 atom stereocenters. The van der Waals surface area contributed by atoms with E-state index in [2.05, 4.69) is 74.6 Å².